The van der Waals surface area contributed by atoms with Gasteiger partial charge in [-0.2, -0.15) is 0 Å². The number of aromatic nitrogens is 1. The Balaban J connectivity index is 2.14. The quantitative estimate of drug-likeness (QED) is 0.882. The molecule has 94 valence electrons. The molecular formula is C14H14BrClN2. The van der Waals surface area contributed by atoms with Gasteiger partial charge in [-0.1, -0.05) is 27.5 Å². The summed E-state index contributed by atoms with van der Waals surface area (Å²) in [5, 5.41) is 4.07. The van der Waals surface area contributed by atoms with Gasteiger partial charge in [0, 0.05) is 29.1 Å². The highest BCUT2D eigenvalue weighted by atomic mass is 79.9. The molecule has 1 N–H and O–H groups in total. The Labute approximate surface area is 121 Å². The number of hydrogen-bond donors (Lipinski definition) is 1. The minimum atomic E-state index is 0.690. The first-order valence-corrected chi connectivity index (χ1v) is 6.84. The molecule has 2 aromatic rings. The van der Waals surface area contributed by atoms with Gasteiger partial charge in [0.05, 0.1) is 5.02 Å². The molecule has 0 amide bonds. The van der Waals surface area contributed by atoms with Crippen molar-refractivity contribution in [3.63, 3.8) is 0 Å². The van der Waals surface area contributed by atoms with E-state index in [1.54, 1.807) is 12.4 Å². The maximum absolute atomic E-state index is 6.07. The van der Waals surface area contributed by atoms with Crippen LogP contribution in [0.15, 0.2) is 35.1 Å². The van der Waals surface area contributed by atoms with Crippen LogP contribution in [0.3, 0.4) is 0 Å². The Morgan fingerprint density at radius 2 is 1.94 bits per heavy atom. The first-order valence-electron chi connectivity index (χ1n) is 5.67. The molecule has 1 aromatic heterocycles. The van der Waals surface area contributed by atoms with Gasteiger partial charge in [-0.3, -0.25) is 4.98 Å². The van der Waals surface area contributed by atoms with E-state index in [2.05, 4.69) is 52.2 Å². The average molecular weight is 326 g/mol. The summed E-state index contributed by atoms with van der Waals surface area (Å²) in [6.45, 7) is 4.87. The number of rotatable bonds is 3. The maximum Gasteiger partial charge on any atom is 0.0639 e. The van der Waals surface area contributed by atoms with Gasteiger partial charge in [0.2, 0.25) is 0 Å². The lowest BCUT2D eigenvalue weighted by Crippen LogP contribution is -2.01. The molecule has 0 aliphatic heterocycles. The molecule has 2 rings (SSSR count). The largest absolute Gasteiger partial charge is 0.381 e. The van der Waals surface area contributed by atoms with Gasteiger partial charge in [-0.05, 0) is 48.7 Å². The molecule has 4 heteroatoms. The van der Waals surface area contributed by atoms with Crippen molar-refractivity contribution in [2.75, 3.05) is 5.32 Å². The predicted octanol–water partition coefficient (Wildman–Crippen LogP) is 4.73. The highest BCUT2D eigenvalue weighted by Crippen LogP contribution is 2.25. The van der Waals surface area contributed by atoms with E-state index in [0.29, 0.717) is 11.6 Å². The molecule has 2 nitrogen and oxygen atoms in total. The van der Waals surface area contributed by atoms with Gasteiger partial charge in [-0.15, -0.1) is 0 Å². The van der Waals surface area contributed by atoms with Gasteiger partial charge in [0.25, 0.3) is 0 Å². The second kappa shape index (κ2) is 5.72. The lowest BCUT2D eigenvalue weighted by molar-refractivity contribution is 1.12. The van der Waals surface area contributed by atoms with Crippen LogP contribution in [0.2, 0.25) is 5.02 Å². The molecule has 0 aliphatic carbocycles. The molecule has 0 bridgehead atoms. The molecule has 1 aromatic carbocycles. The second-order valence-corrected chi connectivity index (χ2v) is 5.44. The van der Waals surface area contributed by atoms with Crippen molar-refractivity contribution < 1.29 is 0 Å². The van der Waals surface area contributed by atoms with Gasteiger partial charge in [0.15, 0.2) is 0 Å². The van der Waals surface area contributed by atoms with E-state index in [-0.39, 0.29) is 0 Å². The maximum atomic E-state index is 6.07. The molecule has 0 radical (unpaired) electrons. The minimum absolute atomic E-state index is 0.690. The highest BCUT2D eigenvalue weighted by molar-refractivity contribution is 9.10. The van der Waals surface area contributed by atoms with Crippen LogP contribution in [-0.2, 0) is 6.54 Å². The predicted molar refractivity (Wildman–Crippen MR) is 80.2 cm³/mol. The van der Waals surface area contributed by atoms with Crippen molar-refractivity contribution in [2.45, 2.75) is 20.4 Å². The molecule has 0 fully saturated rings. The lowest BCUT2D eigenvalue weighted by Gasteiger charge is -2.11. The molecular weight excluding hydrogens is 312 g/mol. The van der Waals surface area contributed by atoms with Gasteiger partial charge >= 0.3 is 0 Å². The van der Waals surface area contributed by atoms with Crippen molar-refractivity contribution in [3.8, 4) is 0 Å². The zero-order valence-electron chi connectivity index (χ0n) is 10.3. The van der Waals surface area contributed by atoms with Crippen LogP contribution < -0.4 is 5.32 Å². The van der Waals surface area contributed by atoms with E-state index in [0.717, 1.165) is 15.7 Å². The third-order valence-corrected chi connectivity index (χ3v) is 4.37. The van der Waals surface area contributed by atoms with E-state index in [1.165, 1.54) is 11.1 Å². The Morgan fingerprint density at radius 1 is 1.28 bits per heavy atom. The summed E-state index contributed by atoms with van der Waals surface area (Å²) >= 11 is 9.63. The molecule has 0 saturated carbocycles. The summed E-state index contributed by atoms with van der Waals surface area (Å²) in [6, 6.07) is 6.16. The molecule has 1 heterocycles. The third-order valence-electron chi connectivity index (χ3n) is 2.78. The van der Waals surface area contributed by atoms with Crippen LogP contribution in [0.4, 0.5) is 5.69 Å². The highest BCUT2D eigenvalue weighted by Gasteiger charge is 2.03. The fourth-order valence-electron chi connectivity index (χ4n) is 1.79. The van der Waals surface area contributed by atoms with Crippen LogP contribution in [-0.4, -0.2) is 4.98 Å². The summed E-state index contributed by atoms with van der Waals surface area (Å²) < 4.78 is 1.16. The molecule has 0 unspecified atom stereocenters. The van der Waals surface area contributed by atoms with Crippen molar-refractivity contribution in [3.05, 3.63) is 56.8 Å². The number of nitrogens with zero attached hydrogens (tertiary/aromatic N) is 1. The van der Waals surface area contributed by atoms with E-state index < -0.39 is 0 Å². The van der Waals surface area contributed by atoms with E-state index >= 15 is 0 Å². The van der Waals surface area contributed by atoms with Gasteiger partial charge < -0.3 is 5.32 Å². The minimum Gasteiger partial charge on any atom is -0.381 e. The topological polar surface area (TPSA) is 24.9 Å². The normalized spacial score (nSPS) is 10.4. The number of anilines is 1. The monoisotopic (exact) mass is 324 g/mol. The number of aryl methyl sites for hydroxylation is 2. The number of nitrogens with one attached hydrogen (secondary N) is 1. The number of benzene rings is 1. The SMILES string of the molecule is Cc1cc(NCc2ccncc2Cl)cc(C)c1Br. The fourth-order valence-corrected chi connectivity index (χ4v) is 2.21. The molecule has 0 aliphatic rings. The standard InChI is InChI=1S/C14H14BrClN2/c1-9-5-12(6-10(2)14(9)15)18-7-11-3-4-17-8-13(11)16/h3-6,8,18H,7H2,1-2H3. The van der Waals surface area contributed by atoms with Gasteiger partial charge in [-0.25, -0.2) is 0 Å². The second-order valence-electron chi connectivity index (χ2n) is 4.24. The number of pyridine rings is 1. The lowest BCUT2D eigenvalue weighted by atomic mass is 10.1. The van der Waals surface area contributed by atoms with Crippen LogP contribution >= 0.6 is 27.5 Å². The van der Waals surface area contributed by atoms with Crippen LogP contribution in [0.25, 0.3) is 0 Å². The summed E-state index contributed by atoms with van der Waals surface area (Å²) in [6.07, 6.45) is 3.41. The van der Waals surface area contributed by atoms with Crippen molar-refractivity contribution >= 4 is 33.2 Å². The molecule has 0 atom stereocenters. The zero-order chi connectivity index (χ0) is 13.1. The number of hydrogen-bond acceptors (Lipinski definition) is 2. The van der Waals surface area contributed by atoms with Crippen LogP contribution in [0.5, 0.6) is 0 Å². The zero-order valence-corrected chi connectivity index (χ0v) is 12.6. The first kappa shape index (κ1) is 13.4. The third kappa shape index (κ3) is 3.03. The summed E-state index contributed by atoms with van der Waals surface area (Å²) in [7, 11) is 0. The average Bonchev–Trinajstić information content (AvgIpc) is 2.35. The van der Waals surface area contributed by atoms with Crippen molar-refractivity contribution in [1.82, 2.24) is 4.98 Å². The molecule has 0 saturated heterocycles. The Kier molecular flexibility index (Phi) is 4.25. The van der Waals surface area contributed by atoms with Crippen molar-refractivity contribution in [2.24, 2.45) is 0 Å². The summed E-state index contributed by atoms with van der Waals surface area (Å²) in [4.78, 5) is 3.97. The summed E-state index contributed by atoms with van der Waals surface area (Å²) in [5.74, 6) is 0. The van der Waals surface area contributed by atoms with E-state index in [9.17, 15) is 0 Å². The van der Waals surface area contributed by atoms with Crippen LogP contribution in [0, 0.1) is 13.8 Å². The van der Waals surface area contributed by atoms with Crippen molar-refractivity contribution in [1.29, 1.82) is 0 Å². The van der Waals surface area contributed by atoms with Crippen LogP contribution in [0.1, 0.15) is 16.7 Å². The van der Waals surface area contributed by atoms with E-state index in [1.807, 2.05) is 6.07 Å². The summed E-state index contributed by atoms with van der Waals surface area (Å²) in [5.41, 5.74) is 4.59. The first-order chi connectivity index (χ1) is 8.58. The Morgan fingerprint density at radius 3 is 2.56 bits per heavy atom. The molecule has 18 heavy (non-hydrogen) atoms. The number of halogens is 2. The smallest absolute Gasteiger partial charge is 0.0639 e. The Hall–Kier alpha value is -1.06. The van der Waals surface area contributed by atoms with E-state index in [4.69, 9.17) is 11.6 Å². The molecule has 0 spiro atoms. The van der Waals surface area contributed by atoms with Gasteiger partial charge in [0.1, 0.15) is 0 Å². The Bertz CT molecular complexity index is 546. The fraction of sp³-hybridized carbons (Fsp3) is 0.214.